The summed E-state index contributed by atoms with van der Waals surface area (Å²) < 4.78 is 0.848. The molecule has 1 aliphatic heterocycles. The van der Waals surface area contributed by atoms with E-state index in [9.17, 15) is 4.79 Å². The number of amides is 1. The number of nitrogen functional groups attached to an aromatic ring is 1. The smallest absolute Gasteiger partial charge is 0.254 e. The molecular formula is C15H22BrN3O. The van der Waals surface area contributed by atoms with Crippen molar-refractivity contribution in [3.63, 3.8) is 0 Å². The van der Waals surface area contributed by atoms with Crippen LogP contribution >= 0.6 is 15.9 Å². The van der Waals surface area contributed by atoms with Gasteiger partial charge >= 0.3 is 0 Å². The fourth-order valence-corrected chi connectivity index (χ4v) is 3.36. The zero-order valence-electron chi connectivity index (χ0n) is 12.5. The van der Waals surface area contributed by atoms with E-state index >= 15 is 0 Å². The normalized spacial score (nSPS) is 22.6. The van der Waals surface area contributed by atoms with Gasteiger partial charge in [-0.3, -0.25) is 4.79 Å². The van der Waals surface area contributed by atoms with Crippen molar-refractivity contribution in [3.05, 3.63) is 27.7 Å². The third-order valence-corrected chi connectivity index (χ3v) is 4.62. The summed E-state index contributed by atoms with van der Waals surface area (Å²) in [5, 5.41) is 0. The molecule has 2 atom stereocenters. The molecule has 0 bridgehead atoms. The number of likely N-dealkylation sites (N-methyl/N-ethyl adjacent to an activating group) is 1. The van der Waals surface area contributed by atoms with Crippen molar-refractivity contribution in [1.29, 1.82) is 0 Å². The predicted molar refractivity (Wildman–Crippen MR) is 85.8 cm³/mol. The maximum absolute atomic E-state index is 12.7. The number of anilines is 1. The van der Waals surface area contributed by atoms with Gasteiger partial charge < -0.3 is 15.5 Å². The lowest BCUT2D eigenvalue weighted by molar-refractivity contribution is 0.0780. The second-order valence-electron chi connectivity index (χ2n) is 5.89. The van der Waals surface area contributed by atoms with E-state index in [0.717, 1.165) is 23.1 Å². The zero-order valence-corrected chi connectivity index (χ0v) is 14.1. The van der Waals surface area contributed by atoms with Crippen LogP contribution in [0.4, 0.5) is 5.69 Å². The molecule has 1 heterocycles. The quantitative estimate of drug-likeness (QED) is 0.841. The van der Waals surface area contributed by atoms with Gasteiger partial charge in [0.25, 0.3) is 5.91 Å². The average Bonchev–Trinajstić information content (AvgIpc) is 2.75. The number of hydrogen-bond donors (Lipinski definition) is 1. The van der Waals surface area contributed by atoms with Gasteiger partial charge in [-0.1, -0.05) is 22.9 Å². The Balaban J connectivity index is 2.25. The Kier molecular flexibility index (Phi) is 4.39. The first-order valence-electron chi connectivity index (χ1n) is 6.82. The molecule has 5 heteroatoms. The van der Waals surface area contributed by atoms with Crippen LogP contribution in [0.1, 0.15) is 22.8 Å². The first-order chi connectivity index (χ1) is 9.31. The van der Waals surface area contributed by atoms with Gasteiger partial charge in [-0.2, -0.15) is 0 Å². The highest BCUT2D eigenvalue weighted by atomic mass is 79.9. The molecule has 0 aromatic heterocycles. The minimum atomic E-state index is 0.0756. The van der Waals surface area contributed by atoms with E-state index in [2.05, 4.69) is 41.8 Å². The number of carbonyl (C=O) groups excluding carboxylic acids is 1. The van der Waals surface area contributed by atoms with Crippen molar-refractivity contribution in [2.24, 2.45) is 5.92 Å². The molecule has 2 unspecified atom stereocenters. The number of benzene rings is 1. The summed E-state index contributed by atoms with van der Waals surface area (Å²) in [6.07, 6.45) is 0. The first kappa shape index (κ1) is 15.3. The Morgan fingerprint density at radius 3 is 2.60 bits per heavy atom. The van der Waals surface area contributed by atoms with Crippen LogP contribution in [0, 0.1) is 12.8 Å². The number of halogens is 1. The standard InChI is InChI=1S/C15H22BrN3O/c1-9-7-19(8-14(9)18(3)4)15(20)12-5-11(16)6-13(17)10(12)2/h5-6,9,14H,7-8,17H2,1-4H3. The molecule has 2 rings (SSSR count). The van der Waals surface area contributed by atoms with Crippen LogP contribution in [-0.2, 0) is 0 Å². The highest BCUT2D eigenvalue weighted by molar-refractivity contribution is 9.10. The summed E-state index contributed by atoms with van der Waals surface area (Å²) >= 11 is 3.41. The van der Waals surface area contributed by atoms with Crippen LogP contribution in [0.5, 0.6) is 0 Å². The maximum Gasteiger partial charge on any atom is 0.254 e. The average molecular weight is 340 g/mol. The van der Waals surface area contributed by atoms with E-state index < -0.39 is 0 Å². The van der Waals surface area contributed by atoms with Crippen LogP contribution in [0.25, 0.3) is 0 Å². The summed E-state index contributed by atoms with van der Waals surface area (Å²) in [5.41, 5.74) is 8.16. The molecule has 1 aromatic carbocycles. The fraction of sp³-hybridized carbons (Fsp3) is 0.533. The number of nitrogens with zero attached hydrogens (tertiary/aromatic N) is 2. The van der Waals surface area contributed by atoms with Gasteiger partial charge in [0, 0.05) is 34.9 Å². The summed E-state index contributed by atoms with van der Waals surface area (Å²) in [6.45, 7) is 5.67. The van der Waals surface area contributed by atoms with Crippen LogP contribution in [0.3, 0.4) is 0 Å². The molecule has 4 nitrogen and oxygen atoms in total. The van der Waals surface area contributed by atoms with E-state index in [1.807, 2.05) is 24.0 Å². The first-order valence-corrected chi connectivity index (χ1v) is 7.62. The summed E-state index contributed by atoms with van der Waals surface area (Å²) in [4.78, 5) is 16.8. The van der Waals surface area contributed by atoms with E-state index in [0.29, 0.717) is 23.2 Å². The molecule has 1 aliphatic rings. The van der Waals surface area contributed by atoms with Crippen molar-refractivity contribution in [1.82, 2.24) is 9.80 Å². The number of hydrogen-bond acceptors (Lipinski definition) is 3. The van der Waals surface area contributed by atoms with Gasteiger partial charge in [0.05, 0.1) is 0 Å². The van der Waals surface area contributed by atoms with Crippen LogP contribution in [-0.4, -0.2) is 48.9 Å². The largest absolute Gasteiger partial charge is 0.398 e. The summed E-state index contributed by atoms with van der Waals surface area (Å²) in [6, 6.07) is 4.12. The molecule has 1 aromatic rings. The second kappa shape index (κ2) is 5.74. The monoisotopic (exact) mass is 339 g/mol. The lowest BCUT2D eigenvalue weighted by Crippen LogP contribution is -2.36. The Morgan fingerprint density at radius 2 is 2.05 bits per heavy atom. The van der Waals surface area contributed by atoms with Crippen molar-refractivity contribution in [2.45, 2.75) is 19.9 Å². The van der Waals surface area contributed by atoms with Gasteiger partial charge in [-0.25, -0.2) is 0 Å². The summed E-state index contributed by atoms with van der Waals surface area (Å²) in [7, 11) is 4.13. The number of rotatable bonds is 2. The Bertz CT molecular complexity index is 530. The van der Waals surface area contributed by atoms with E-state index in [-0.39, 0.29) is 5.91 Å². The molecule has 0 radical (unpaired) electrons. The van der Waals surface area contributed by atoms with E-state index in [1.165, 1.54) is 0 Å². The zero-order chi connectivity index (χ0) is 15.0. The number of carbonyl (C=O) groups is 1. The molecule has 1 saturated heterocycles. The molecule has 1 fully saturated rings. The molecule has 2 N–H and O–H groups in total. The highest BCUT2D eigenvalue weighted by Gasteiger charge is 2.34. The van der Waals surface area contributed by atoms with Crippen molar-refractivity contribution in [2.75, 3.05) is 32.9 Å². The molecule has 20 heavy (non-hydrogen) atoms. The topological polar surface area (TPSA) is 49.6 Å². The van der Waals surface area contributed by atoms with Gasteiger partial charge in [0.15, 0.2) is 0 Å². The minimum absolute atomic E-state index is 0.0756. The van der Waals surface area contributed by atoms with Gasteiger partial charge in [0.1, 0.15) is 0 Å². The van der Waals surface area contributed by atoms with Crippen LogP contribution in [0.15, 0.2) is 16.6 Å². The van der Waals surface area contributed by atoms with Gasteiger partial charge in [-0.05, 0) is 44.6 Å². The number of nitrogens with two attached hydrogens (primary N) is 1. The van der Waals surface area contributed by atoms with Crippen molar-refractivity contribution in [3.8, 4) is 0 Å². The number of likely N-dealkylation sites (tertiary alicyclic amines) is 1. The Morgan fingerprint density at radius 1 is 1.40 bits per heavy atom. The highest BCUT2D eigenvalue weighted by Crippen LogP contribution is 2.27. The van der Waals surface area contributed by atoms with Gasteiger partial charge in [-0.15, -0.1) is 0 Å². The van der Waals surface area contributed by atoms with E-state index in [4.69, 9.17) is 5.73 Å². The summed E-state index contributed by atoms with van der Waals surface area (Å²) in [5.74, 6) is 0.561. The predicted octanol–water partition coefficient (Wildman–Crippen LogP) is 2.36. The third kappa shape index (κ3) is 2.83. The van der Waals surface area contributed by atoms with Gasteiger partial charge in [0.2, 0.25) is 0 Å². The van der Waals surface area contributed by atoms with Crippen molar-refractivity contribution >= 4 is 27.5 Å². The Hall–Kier alpha value is -1.07. The molecule has 0 spiro atoms. The molecule has 110 valence electrons. The fourth-order valence-electron chi connectivity index (χ4n) is 2.88. The second-order valence-corrected chi connectivity index (χ2v) is 6.80. The van der Waals surface area contributed by atoms with Crippen molar-refractivity contribution < 1.29 is 4.79 Å². The third-order valence-electron chi connectivity index (χ3n) is 4.17. The minimum Gasteiger partial charge on any atom is -0.398 e. The molecule has 0 saturated carbocycles. The Labute approximate surface area is 129 Å². The SMILES string of the molecule is Cc1c(N)cc(Br)cc1C(=O)N1CC(C)C(N(C)C)C1. The molecule has 1 amide bonds. The molecular weight excluding hydrogens is 318 g/mol. The molecule has 0 aliphatic carbocycles. The maximum atomic E-state index is 12.7. The van der Waals surface area contributed by atoms with Crippen LogP contribution in [0.2, 0.25) is 0 Å². The lowest BCUT2D eigenvalue weighted by Gasteiger charge is -2.22. The van der Waals surface area contributed by atoms with E-state index in [1.54, 1.807) is 0 Å². The van der Waals surface area contributed by atoms with Crippen LogP contribution < -0.4 is 5.73 Å². The lowest BCUT2D eigenvalue weighted by atomic mass is 10.1.